The number of benzene rings is 2. The first-order valence-corrected chi connectivity index (χ1v) is 11.0. The van der Waals surface area contributed by atoms with Gasteiger partial charge in [-0.15, -0.1) is 0 Å². The molecule has 8 heteroatoms. The summed E-state index contributed by atoms with van der Waals surface area (Å²) in [7, 11) is 0. The summed E-state index contributed by atoms with van der Waals surface area (Å²) in [5, 5.41) is 0.654. The average Bonchev–Trinajstić information content (AvgIpc) is 3.48. The predicted octanol–water partition coefficient (Wildman–Crippen LogP) is 2.78. The number of fused-ring (bicyclic) bond motifs is 1. The Morgan fingerprint density at radius 3 is 2.59 bits per heavy atom. The molecule has 1 N–H and O–H groups in total. The molecule has 5 rings (SSSR count). The number of ether oxygens (including phenoxy) is 3. The highest BCUT2D eigenvalue weighted by Gasteiger charge is 2.27. The molecule has 166 valence electrons. The minimum absolute atomic E-state index is 0.0788. The third kappa shape index (κ3) is 4.69. The van der Waals surface area contributed by atoms with Crippen LogP contribution in [0.25, 0.3) is 0 Å². The van der Waals surface area contributed by atoms with Crippen molar-refractivity contribution < 1.29 is 28.3 Å². The number of halogens is 1. The van der Waals surface area contributed by atoms with Crippen LogP contribution in [0.5, 0.6) is 17.2 Å². The molecule has 32 heavy (non-hydrogen) atoms. The Morgan fingerprint density at radius 2 is 1.78 bits per heavy atom. The number of carbonyl (C=O) groups is 1. The molecule has 2 aliphatic rings. The SMILES string of the molecule is O=C(c1ccc(COc2ccc(Cl)cc2)o1)N1CC[NH+](Cc2ccc3c(c2)OCO3)CC1. The Balaban J connectivity index is 1.11. The van der Waals surface area contributed by atoms with Crippen LogP contribution in [-0.4, -0.2) is 43.8 Å². The van der Waals surface area contributed by atoms with Gasteiger partial charge in [0.05, 0.1) is 26.2 Å². The molecule has 3 heterocycles. The Hall–Kier alpha value is -3.16. The highest BCUT2D eigenvalue weighted by molar-refractivity contribution is 6.30. The largest absolute Gasteiger partial charge is 0.486 e. The number of hydrogen-bond donors (Lipinski definition) is 1. The van der Waals surface area contributed by atoms with E-state index in [-0.39, 0.29) is 19.3 Å². The zero-order valence-electron chi connectivity index (χ0n) is 17.5. The molecule has 1 aromatic heterocycles. The molecule has 2 aliphatic heterocycles. The van der Waals surface area contributed by atoms with E-state index in [9.17, 15) is 4.79 Å². The molecule has 0 atom stereocenters. The maximum Gasteiger partial charge on any atom is 0.289 e. The summed E-state index contributed by atoms with van der Waals surface area (Å²) in [4.78, 5) is 16.1. The number of carbonyl (C=O) groups excluding carboxylic acids is 1. The summed E-state index contributed by atoms with van der Waals surface area (Å²) in [6, 6.07) is 16.7. The molecule has 1 amide bonds. The van der Waals surface area contributed by atoms with E-state index >= 15 is 0 Å². The van der Waals surface area contributed by atoms with Gasteiger partial charge in [0.25, 0.3) is 5.91 Å². The van der Waals surface area contributed by atoms with Gasteiger partial charge in [-0.05, 0) is 54.6 Å². The fourth-order valence-corrected chi connectivity index (χ4v) is 4.08. The van der Waals surface area contributed by atoms with Gasteiger partial charge in [0.2, 0.25) is 6.79 Å². The lowest BCUT2D eigenvalue weighted by Gasteiger charge is -2.31. The Morgan fingerprint density at radius 1 is 1.00 bits per heavy atom. The van der Waals surface area contributed by atoms with Gasteiger partial charge in [-0.2, -0.15) is 0 Å². The summed E-state index contributed by atoms with van der Waals surface area (Å²) < 4.78 is 22.3. The number of amides is 1. The first-order valence-electron chi connectivity index (χ1n) is 10.6. The second-order valence-corrected chi connectivity index (χ2v) is 8.35. The highest BCUT2D eigenvalue weighted by Crippen LogP contribution is 2.32. The topological polar surface area (TPSA) is 65.6 Å². The summed E-state index contributed by atoms with van der Waals surface area (Å²) in [5.74, 6) is 3.18. The molecule has 3 aromatic rings. The average molecular weight is 456 g/mol. The van der Waals surface area contributed by atoms with Crippen LogP contribution >= 0.6 is 11.6 Å². The molecule has 1 saturated heterocycles. The molecule has 7 nitrogen and oxygen atoms in total. The van der Waals surface area contributed by atoms with Crippen LogP contribution in [0.1, 0.15) is 21.9 Å². The van der Waals surface area contributed by atoms with Crippen LogP contribution in [-0.2, 0) is 13.2 Å². The first kappa shape index (κ1) is 20.7. The van der Waals surface area contributed by atoms with Gasteiger partial charge in [-0.25, -0.2) is 0 Å². The van der Waals surface area contributed by atoms with Gasteiger partial charge < -0.3 is 28.4 Å². The third-order valence-electron chi connectivity index (χ3n) is 5.72. The molecule has 0 bridgehead atoms. The minimum atomic E-state index is -0.0788. The molecule has 0 spiro atoms. The van der Waals surface area contributed by atoms with Gasteiger partial charge in [0.1, 0.15) is 24.7 Å². The van der Waals surface area contributed by atoms with Crippen molar-refractivity contribution in [2.45, 2.75) is 13.2 Å². The molecule has 0 saturated carbocycles. The van der Waals surface area contributed by atoms with Crippen LogP contribution in [0, 0.1) is 0 Å². The number of furan rings is 1. The quantitative estimate of drug-likeness (QED) is 0.619. The minimum Gasteiger partial charge on any atom is -0.486 e. The van der Waals surface area contributed by atoms with Crippen molar-refractivity contribution in [1.29, 1.82) is 0 Å². The number of piperazine rings is 1. The lowest BCUT2D eigenvalue weighted by Crippen LogP contribution is -3.13. The maximum absolute atomic E-state index is 12.9. The molecule has 0 radical (unpaired) electrons. The molecule has 0 aliphatic carbocycles. The van der Waals surface area contributed by atoms with Crippen molar-refractivity contribution in [3.05, 3.63) is 76.7 Å². The normalized spacial score (nSPS) is 15.7. The van der Waals surface area contributed by atoms with Crippen LogP contribution in [0.2, 0.25) is 5.02 Å². The van der Waals surface area contributed by atoms with Crippen molar-refractivity contribution >= 4 is 17.5 Å². The number of nitrogens with one attached hydrogen (secondary N) is 1. The molecular weight excluding hydrogens is 432 g/mol. The highest BCUT2D eigenvalue weighted by atomic mass is 35.5. The Bertz CT molecular complexity index is 1090. The monoisotopic (exact) mass is 455 g/mol. The van der Waals surface area contributed by atoms with Crippen molar-refractivity contribution in [1.82, 2.24) is 4.90 Å². The zero-order valence-corrected chi connectivity index (χ0v) is 18.3. The van der Waals surface area contributed by atoms with Crippen LogP contribution in [0.15, 0.2) is 59.0 Å². The lowest BCUT2D eigenvalue weighted by atomic mass is 10.1. The van der Waals surface area contributed by atoms with Crippen molar-refractivity contribution in [3.8, 4) is 17.2 Å². The number of nitrogens with zero attached hydrogens (tertiary/aromatic N) is 1. The summed E-state index contributed by atoms with van der Waals surface area (Å²) in [5.41, 5.74) is 1.21. The van der Waals surface area contributed by atoms with Crippen molar-refractivity contribution in [2.75, 3.05) is 33.0 Å². The number of hydrogen-bond acceptors (Lipinski definition) is 5. The fourth-order valence-electron chi connectivity index (χ4n) is 3.95. The van der Waals surface area contributed by atoms with Gasteiger partial charge in [-0.3, -0.25) is 4.79 Å². The number of rotatable bonds is 6. The molecular formula is C24H24ClN2O5+. The Kier molecular flexibility index (Phi) is 5.92. The van der Waals surface area contributed by atoms with Crippen molar-refractivity contribution in [2.24, 2.45) is 0 Å². The van der Waals surface area contributed by atoms with E-state index in [2.05, 4.69) is 6.07 Å². The summed E-state index contributed by atoms with van der Waals surface area (Å²) in [6.07, 6.45) is 0. The van der Waals surface area contributed by atoms with Crippen LogP contribution in [0.4, 0.5) is 0 Å². The zero-order chi connectivity index (χ0) is 21.9. The van der Waals surface area contributed by atoms with Gasteiger partial charge in [0.15, 0.2) is 17.3 Å². The van der Waals surface area contributed by atoms with E-state index in [1.54, 1.807) is 36.4 Å². The molecule has 2 aromatic carbocycles. The van der Waals surface area contributed by atoms with Gasteiger partial charge >= 0.3 is 0 Å². The van der Waals surface area contributed by atoms with Gasteiger partial charge in [-0.1, -0.05) is 11.6 Å². The van der Waals surface area contributed by atoms with Crippen LogP contribution < -0.4 is 19.1 Å². The van der Waals surface area contributed by atoms with E-state index < -0.39 is 0 Å². The third-order valence-corrected chi connectivity index (χ3v) is 5.97. The molecule has 0 unspecified atom stereocenters. The van der Waals surface area contributed by atoms with E-state index in [4.69, 9.17) is 30.2 Å². The smallest absolute Gasteiger partial charge is 0.289 e. The second-order valence-electron chi connectivity index (χ2n) is 7.92. The van der Waals surface area contributed by atoms with E-state index in [0.29, 0.717) is 35.4 Å². The summed E-state index contributed by atoms with van der Waals surface area (Å²) >= 11 is 5.88. The lowest BCUT2D eigenvalue weighted by molar-refractivity contribution is -0.917. The first-order chi connectivity index (χ1) is 15.6. The Labute approximate surface area is 191 Å². The van der Waals surface area contributed by atoms with E-state index in [0.717, 1.165) is 31.1 Å². The second kappa shape index (κ2) is 9.14. The molecule has 1 fully saturated rings. The predicted molar refractivity (Wildman–Crippen MR) is 117 cm³/mol. The summed E-state index contributed by atoms with van der Waals surface area (Å²) in [6.45, 7) is 4.58. The standard InChI is InChI=1S/C24H23ClN2O5/c25-18-2-4-19(5-3-18)29-15-20-6-8-22(32-20)24(28)27-11-9-26(10-12-27)14-17-1-7-21-23(13-17)31-16-30-21/h1-8,13H,9-12,14-16H2/p+1. The number of quaternary nitrogens is 1. The van der Waals surface area contributed by atoms with E-state index in [1.165, 1.54) is 10.5 Å². The maximum atomic E-state index is 12.9. The van der Waals surface area contributed by atoms with E-state index in [1.807, 2.05) is 17.0 Å². The van der Waals surface area contributed by atoms with Crippen molar-refractivity contribution in [3.63, 3.8) is 0 Å². The van der Waals surface area contributed by atoms with Crippen LogP contribution in [0.3, 0.4) is 0 Å². The van der Waals surface area contributed by atoms with Gasteiger partial charge in [0, 0.05) is 10.6 Å². The fraction of sp³-hybridized carbons (Fsp3) is 0.292.